The predicted molar refractivity (Wildman–Crippen MR) is 82.6 cm³/mol. The minimum absolute atomic E-state index is 0.0784. The van der Waals surface area contributed by atoms with Gasteiger partial charge in [-0.15, -0.1) is 0 Å². The van der Waals surface area contributed by atoms with E-state index in [2.05, 4.69) is 5.32 Å². The molecule has 2 rings (SSSR count). The van der Waals surface area contributed by atoms with Crippen LogP contribution in [-0.2, 0) is 6.54 Å². The monoisotopic (exact) mass is 292 g/mol. The molecular weight excluding hydrogens is 268 g/mol. The van der Waals surface area contributed by atoms with Crippen LogP contribution in [0.4, 0.5) is 5.69 Å². The summed E-state index contributed by atoms with van der Waals surface area (Å²) >= 11 is 0. The van der Waals surface area contributed by atoms with E-state index in [0.717, 1.165) is 37.8 Å². The SMILES string of the molecule is CCNCc1ccc(OC2CCCCCC2)c([N+](=O)[O-])c1. The summed E-state index contributed by atoms with van der Waals surface area (Å²) in [6.07, 6.45) is 6.89. The Bertz CT molecular complexity index is 469. The summed E-state index contributed by atoms with van der Waals surface area (Å²) < 4.78 is 5.93. The Morgan fingerprint density at radius 1 is 1.29 bits per heavy atom. The van der Waals surface area contributed by atoms with Crippen molar-refractivity contribution in [2.24, 2.45) is 0 Å². The smallest absolute Gasteiger partial charge is 0.311 e. The highest BCUT2D eigenvalue weighted by Crippen LogP contribution is 2.31. The minimum Gasteiger partial charge on any atom is -0.484 e. The van der Waals surface area contributed by atoms with Crippen LogP contribution in [0.25, 0.3) is 0 Å². The average Bonchev–Trinajstić information content (AvgIpc) is 2.74. The second-order valence-corrected chi connectivity index (χ2v) is 5.57. The van der Waals surface area contributed by atoms with Gasteiger partial charge >= 0.3 is 5.69 Å². The van der Waals surface area contributed by atoms with E-state index >= 15 is 0 Å². The lowest BCUT2D eigenvalue weighted by Gasteiger charge is -2.17. The third-order valence-electron chi connectivity index (χ3n) is 3.90. The second kappa shape index (κ2) is 7.98. The van der Waals surface area contributed by atoms with Crippen LogP contribution in [0.5, 0.6) is 5.75 Å². The first-order valence-electron chi connectivity index (χ1n) is 7.85. The fourth-order valence-corrected chi connectivity index (χ4v) is 2.72. The molecule has 116 valence electrons. The molecule has 0 bridgehead atoms. The number of hydrogen-bond acceptors (Lipinski definition) is 4. The van der Waals surface area contributed by atoms with Crippen LogP contribution in [0.15, 0.2) is 18.2 Å². The van der Waals surface area contributed by atoms with Crippen LogP contribution in [0.2, 0.25) is 0 Å². The predicted octanol–water partition coefficient (Wildman–Crippen LogP) is 3.81. The molecule has 1 saturated carbocycles. The number of ether oxygens (including phenoxy) is 1. The third-order valence-corrected chi connectivity index (χ3v) is 3.90. The van der Waals surface area contributed by atoms with Crippen molar-refractivity contribution in [3.63, 3.8) is 0 Å². The summed E-state index contributed by atoms with van der Waals surface area (Å²) in [5, 5.41) is 14.4. The number of benzene rings is 1. The Kier molecular flexibility index (Phi) is 5.99. The van der Waals surface area contributed by atoms with Gasteiger partial charge in [-0.2, -0.15) is 0 Å². The third kappa shape index (κ3) is 4.70. The number of nitro groups is 1. The maximum absolute atomic E-state index is 11.3. The largest absolute Gasteiger partial charge is 0.484 e. The summed E-state index contributed by atoms with van der Waals surface area (Å²) in [5.41, 5.74) is 0.992. The van der Waals surface area contributed by atoms with Crippen molar-refractivity contribution in [1.29, 1.82) is 0 Å². The molecule has 0 heterocycles. The zero-order chi connectivity index (χ0) is 15.1. The summed E-state index contributed by atoms with van der Waals surface area (Å²) in [5.74, 6) is 0.409. The zero-order valence-corrected chi connectivity index (χ0v) is 12.6. The first-order chi connectivity index (χ1) is 10.2. The van der Waals surface area contributed by atoms with Gasteiger partial charge in [-0.3, -0.25) is 10.1 Å². The highest BCUT2D eigenvalue weighted by molar-refractivity contribution is 5.48. The Morgan fingerprint density at radius 3 is 2.62 bits per heavy atom. The zero-order valence-electron chi connectivity index (χ0n) is 12.6. The van der Waals surface area contributed by atoms with Gasteiger partial charge in [0.15, 0.2) is 5.75 Å². The number of hydrogen-bond donors (Lipinski definition) is 1. The van der Waals surface area contributed by atoms with Crippen molar-refractivity contribution in [2.45, 2.75) is 58.1 Å². The molecule has 1 aliphatic carbocycles. The van der Waals surface area contributed by atoms with E-state index in [-0.39, 0.29) is 16.7 Å². The van der Waals surface area contributed by atoms with Crippen LogP contribution in [0.3, 0.4) is 0 Å². The Hall–Kier alpha value is -1.62. The normalized spacial score (nSPS) is 16.4. The number of nitro benzene ring substituents is 1. The molecule has 1 fully saturated rings. The average molecular weight is 292 g/mol. The van der Waals surface area contributed by atoms with Crippen LogP contribution in [0, 0.1) is 10.1 Å². The van der Waals surface area contributed by atoms with Gasteiger partial charge in [-0.1, -0.05) is 25.8 Å². The molecule has 0 spiro atoms. The topological polar surface area (TPSA) is 64.4 Å². The standard InChI is InChI=1S/C16H24N2O3/c1-2-17-12-13-9-10-16(15(11-13)18(19)20)21-14-7-5-3-4-6-8-14/h9-11,14,17H,2-8,12H2,1H3. The molecule has 0 aromatic heterocycles. The van der Waals surface area contributed by atoms with Gasteiger partial charge in [0, 0.05) is 12.6 Å². The summed E-state index contributed by atoms with van der Waals surface area (Å²) in [6, 6.07) is 5.27. The molecule has 5 nitrogen and oxygen atoms in total. The molecule has 0 unspecified atom stereocenters. The minimum atomic E-state index is -0.346. The van der Waals surface area contributed by atoms with Crippen LogP contribution in [-0.4, -0.2) is 17.6 Å². The van der Waals surface area contributed by atoms with Gasteiger partial charge in [-0.05, 0) is 43.9 Å². The highest BCUT2D eigenvalue weighted by atomic mass is 16.6. The molecular formula is C16H24N2O3. The quantitative estimate of drug-likeness (QED) is 0.492. The molecule has 1 N–H and O–H groups in total. The molecule has 0 amide bonds. The number of nitrogens with one attached hydrogen (secondary N) is 1. The van der Waals surface area contributed by atoms with Gasteiger partial charge < -0.3 is 10.1 Å². The van der Waals surface area contributed by atoms with Crippen LogP contribution in [0.1, 0.15) is 51.0 Å². The summed E-state index contributed by atoms with van der Waals surface area (Å²) in [4.78, 5) is 10.9. The Balaban J connectivity index is 2.11. The van der Waals surface area contributed by atoms with Crippen LogP contribution < -0.4 is 10.1 Å². The fourth-order valence-electron chi connectivity index (χ4n) is 2.72. The molecule has 21 heavy (non-hydrogen) atoms. The summed E-state index contributed by atoms with van der Waals surface area (Å²) in [6.45, 7) is 3.49. The van der Waals surface area contributed by atoms with Crippen molar-refractivity contribution >= 4 is 5.69 Å². The van der Waals surface area contributed by atoms with E-state index in [4.69, 9.17) is 4.74 Å². The Morgan fingerprint density at radius 2 is 2.00 bits per heavy atom. The maximum atomic E-state index is 11.3. The van der Waals surface area contributed by atoms with Crippen molar-refractivity contribution < 1.29 is 9.66 Å². The first-order valence-corrected chi connectivity index (χ1v) is 7.85. The summed E-state index contributed by atoms with van der Waals surface area (Å²) in [7, 11) is 0. The Labute approximate surface area is 125 Å². The van der Waals surface area contributed by atoms with Gasteiger partial charge in [0.1, 0.15) is 0 Å². The molecule has 0 radical (unpaired) electrons. The first kappa shape index (κ1) is 15.8. The lowest BCUT2D eigenvalue weighted by molar-refractivity contribution is -0.386. The lowest BCUT2D eigenvalue weighted by atomic mass is 10.1. The fraction of sp³-hybridized carbons (Fsp3) is 0.625. The molecule has 5 heteroatoms. The van der Waals surface area contributed by atoms with Crippen LogP contribution >= 0.6 is 0 Å². The molecule has 0 saturated heterocycles. The van der Waals surface area contributed by atoms with E-state index in [0.29, 0.717) is 12.3 Å². The van der Waals surface area contributed by atoms with Crippen molar-refractivity contribution in [3.05, 3.63) is 33.9 Å². The van der Waals surface area contributed by atoms with E-state index in [1.165, 1.54) is 12.8 Å². The van der Waals surface area contributed by atoms with Crippen molar-refractivity contribution in [1.82, 2.24) is 5.32 Å². The number of nitrogens with zero attached hydrogens (tertiary/aromatic N) is 1. The second-order valence-electron chi connectivity index (χ2n) is 5.57. The molecule has 0 aliphatic heterocycles. The van der Waals surface area contributed by atoms with Gasteiger partial charge in [0.25, 0.3) is 0 Å². The van der Waals surface area contributed by atoms with Gasteiger partial charge in [0.2, 0.25) is 0 Å². The van der Waals surface area contributed by atoms with E-state index in [1.54, 1.807) is 12.1 Å². The van der Waals surface area contributed by atoms with E-state index in [1.807, 2.05) is 13.0 Å². The molecule has 1 aromatic carbocycles. The maximum Gasteiger partial charge on any atom is 0.311 e. The number of rotatable bonds is 6. The highest BCUT2D eigenvalue weighted by Gasteiger charge is 2.20. The van der Waals surface area contributed by atoms with Gasteiger partial charge in [0.05, 0.1) is 11.0 Å². The molecule has 1 aromatic rings. The lowest BCUT2D eigenvalue weighted by Crippen LogP contribution is -2.16. The van der Waals surface area contributed by atoms with Crippen molar-refractivity contribution in [3.8, 4) is 5.75 Å². The van der Waals surface area contributed by atoms with Crippen molar-refractivity contribution in [2.75, 3.05) is 6.54 Å². The molecule has 1 aliphatic rings. The van der Waals surface area contributed by atoms with E-state index < -0.39 is 0 Å². The van der Waals surface area contributed by atoms with E-state index in [9.17, 15) is 10.1 Å². The van der Waals surface area contributed by atoms with Gasteiger partial charge in [-0.25, -0.2) is 0 Å². The molecule has 0 atom stereocenters.